The van der Waals surface area contributed by atoms with Crippen molar-refractivity contribution in [3.05, 3.63) is 11.3 Å². The van der Waals surface area contributed by atoms with Crippen LogP contribution in [-0.2, 0) is 4.79 Å². The first kappa shape index (κ1) is 13.6. The maximum atomic E-state index is 11.4. The van der Waals surface area contributed by atoms with Crippen molar-refractivity contribution in [2.24, 2.45) is 0 Å². The minimum atomic E-state index is -0.00300. The Hall–Kier alpha value is -1.43. The molecule has 0 saturated carbocycles. The average molecular weight is 255 g/mol. The van der Waals surface area contributed by atoms with Gasteiger partial charge in [-0.05, 0) is 32.3 Å². The quantitative estimate of drug-likeness (QED) is 0.757. The van der Waals surface area contributed by atoms with Crippen molar-refractivity contribution in [3.8, 4) is 0 Å². The van der Waals surface area contributed by atoms with E-state index in [4.69, 9.17) is 0 Å². The summed E-state index contributed by atoms with van der Waals surface area (Å²) in [5.41, 5.74) is 1.37. The van der Waals surface area contributed by atoms with Gasteiger partial charge in [-0.25, -0.2) is 0 Å². The number of rotatable bonds is 6. The molecule has 0 aliphatic rings. The molecule has 6 heteroatoms. The smallest absolute Gasteiger partial charge is 0.221 e. The van der Waals surface area contributed by atoms with Crippen LogP contribution in [0.15, 0.2) is 0 Å². The summed E-state index contributed by atoms with van der Waals surface area (Å²) in [4.78, 5) is 22.6. The predicted molar refractivity (Wildman–Crippen MR) is 68.6 cm³/mol. The van der Waals surface area contributed by atoms with Crippen LogP contribution in [0.25, 0.3) is 0 Å². The zero-order valence-corrected chi connectivity index (χ0v) is 11.1. The Balaban J connectivity index is 2.52. The molecule has 0 saturated heterocycles. The first-order valence-electron chi connectivity index (χ1n) is 5.54. The summed E-state index contributed by atoms with van der Waals surface area (Å²) in [5, 5.41) is 6.54. The molecular weight excluding hydrogens is 238 g/mol. The van der Waals surface area contributed by atoms with Gasteiger partial charge in [-0.15, -0.1) is 0 Å². The molecular formula is C11H17N3O2S. The lowest BCUT2D eigenvalue weighted by Gasteiger charge is -2.05. The Morgan fingerprint density at radius 1 is 1.41 bits per heavy atom. The zero-order valence-electron chi connectivity index (χ0n) is 10.3. The number of hydrogen-bond acceptors (Lipinski definition) is 5. The number of aryl methyl sites for hydroxylation is 1. The molecule has 0 aliphatic heterocycles. The fourth-order valence-electron chi connectivity index (χ4n) is 1.48. The van der Waals surface area contributed by atoms with Crippen LogP contribution in [0, 0.1) is 6.92 Å². The molecule has 1 amide bonds. The van der Waals surface area contributed by atoms with Crippen molar-refractivity contribution >= 4 is 28.2 Å². The fourth-order valence-corrected chi connectivity index (χ4v) is 2.35. The monoisotopic (exact) mass is 255 g/mol. The molecule has 0 spiro atoms. The summed E-state index contributed by atoms with van der Waals surface area (Å²) in [6.07, 6.45) is 0.391. The van der Waals surface area contributed by atoms with E-state index < -0.39 is 0 Å². The maximum Gasteiger partial charge on any atom is 0.221 e. The highest BCUT2D eigenvalue weighted by Gasteiger charge is 2.14. The molecule has 94 valence electrons. The van der Waals surface area contributed by atoms with Crippen molar-refractivity contribution in [3.63, 3.8) is 0 Å². The van der Waals surface area contributed by atoms with Crippen LogP contribution in [0.3, 0.4) is 0 Å². The zero-order chi connectivity index (χ0) is 12.8. The first-order chi connectivity index (χ1) is 8.06. The summed E-state index contributed by atoms with van der Waals surface area (Å²) >= 11 is 1.26. The Labute approximate surface area is 105 Å². The van der Waals surface area contributed by atoms with Gasteiger partial charge in [-0.2, -0.15) is 4.37 Å². The van der Waals surface area contributed by atoms with Gasteiger partial charge in [0.1, 0.15) is 5.00 Å². The predicted octanol–water partition coefficient (Wildman–Crippen LogP) is 1.59. The Bertz CT molecular complexity index is 415. The van der Waals surface area contributed by atoms with Crippen molar-refractivity contribution in [2.75, 3.05) is 18.4 Å². The van der Waals surface area contributed by atoms with Gasteiger partial charge in [0.2, 0.25) is 5.91 Å². The minimum absolute atomic E-state index is 0.00300. The van der Waals surface area contributed by atoms with Gasteiger partial charge < -0.3 is 10.6 Å². The number of amides is 1. The second kappa shape index (κ2) is 6.34. The lowest BCUT2D eigenvalue weighted by molar-refractivity contribution is -0.120. The summed E-state index contributed by atoms with van der Waals surface area (Å²) < 4.78 is 4.13. The van der Waals surface area contributed by atoms with Crippen LogP contribution in [0.5, 0.6) is 0 Å². The summed E-state index contributed by atoms with van der Waals surface area (Å²) in [7, 11) is 0. The standard InChI is InChI=1S/C11H17N3O2S/c1-4-12-9(16)5-6-13-11-10(8(3)15)7(2)14-17-11/h13H,4-6H2,1-3H3,(H,12,16). The van der Waals surface area contributed by atoms with E-state index in [1.807, 2.05) is 13.8 Å². The van der Waals surface area contributed by atoms with E-state index in [1.165, 1.54) is 18.5 Å². The van der Waals surface area contributed by atoms with E-state index in [2.05, 4.69) is 15.0 Å². The second-order valence-electron chi connectivity index (χ2n) is 3.66. The molecule has 0 aromatic carbocycles. The van der Waals surface area contributed by atoms with Crippen LogP contribution in [0.2, 0.25) is 0 Å². The SMILES string of the molecule is CCNC(=O)CCNc1snc(C)c1C(C)=O. The highest BCUT2D eigenvalue weighted by Crippen LogP contribution is 2.24. The minimum Gasteiger partial charge on any atom is -0.375 e. The summed E-state index contributed by atoms with van der Waals surface area (Å²) in [6, 6.07) is 0. The van der Waals surface area contributed by atoms with E-state index in [9.17, 15) is 9.59 Å². The van der Waals surface area contributed by atoms with Gasteiger partial charge in [-0.1, -0.05) is 0 Å². The highest BCUT2D eigenvalue weighted by atomic mass is 32.1. The molecule has 0 unspecified atom stereocenters. The molecule has 2 N–H and O–H groups in total. The van der Waals surface area contributed by atoms with E-state index in [0.29, 0.717) is 25.1 Å². The molecule has 0 atom stereocenters. The summed E-state index contributed by atoms with van der Waals surface area (Å²) in [5.74, 6) is 0.00220. The average Bonchev–Trinajstić information content (AvgIpc) is 2.60. The van der Waals surface area contributed by atoms with Gasteiger partial charge in [0, 0.05) is 19.5 Å². The van der Waals surface area contributed by atoms with Gasteiger partial charge >= 0.3 is 0 Å². The number of aromatic nitrogens is 1. The van der Waals surface area contributed by atoms with E-state index >= 15 is 0 Å². The number of carbonyl (C=O) groups is 2. The van der Waals surface area contributed by atoms with E-state index in [-0.39, 0.29) is 11.7 Å². The van der Waals surface area contributed by atoms with Crippen LogP contribution >= 0.6 is 11.5 Å². The number of anilines is 1. The van der Waals surface area contributed by atoms with Crippen molar-refractivity contribution in [2.45, 2.75) is 27.2 Å². The molecule has 0 aliphatic carbocycles. The third-order valence-electron chi connectivity index (χ3n) is 2.23. The molecule has 17 heavy (non-hydrogen) atoms. The van der Waals surface area contributed by atoms with Gasteiger partial charge in [-0.3, -0.25) is 9.59 Å². The normalized spacial score (nSPS) is 10.1. The van der Waals surface area contributed by atoms with Gasteiger partial charge in [0.05, 0.1) is 11.3 Å². The molecule has 0 fully saturated rings. The Kier molecular flexibility index (Phi) is 5.09. The first-order valence-corrected chi connectivity index (χ1v) is 6.31. The number of Topliss-reactive ketones (excluding diaryl/α,β-unsaturated/α-hetero) is 1. The molecule has 1 heterocycles. The number of nitrogens with zero attached hydrogens (tertiary/aromatic N) is 1. The molecule has 1 aromatic rings. The molecule has 1 aromatic heterocycles. The van der Waals surface area contributed by atoms with E-state index in [1.54, 1.807) is 0 Å². The number of ketones is 1. The Morgan fingerprint density at radius 2 is 2.12 bits per heavy atom. The van der Waals surface area contributed by atoms with Gasteiger partial charge in [0.15, 0.2) is 5.78 Å². The number of carbonyl (C=O) groups excluding carboxylic acids is 2. The lowest BCUT2D eigenvalue weighted by atomic mass is 10.2. The van der Waals surface area contributed by atoms with Crippen molar-refractivity contribution in [1.29, 1.82) is 0 Å². The van der Waals surface area contributed by atoms with Crippen molar-refractivity contribution < 1.29 is 9.59 Å². The molecule has 0 bridgehead atoms. The third kappa shape index (κ3) is 3.81. The molecule has 1 rings (SSSR count). The fraction of sp³-hybridized carbons (Fsp3) is 0.545. The second-order valence-corrected chi connectivity index (χ2v) is 4.43. The molecule has 0 radical (unpaired) electrons. The number of nitrogens with one attached hydrogen (secondary N) is 2. The van der Waals surface area contributed by atoms with Crippen LogP contribution < -0.4 is 10.6 Å². The number of hydrogen-bond donors (Lipinski definition) is 2. The molecule has 5 nitrogen and oxygen atoms in total. The topological polar surface area (TPSA) is 71.1 Å². The van der Waals surface area contributed by atoms with Crippen LogP contribution in [-0.4, -0.2) is 29.2 Å². The third-order valence-corrected chi connectivity index (χ3v) is 3.12. The van der Waals surface area contributed by atoms with Crippen molar-refractivity contribution in [1.82, 2.24) is 9.69 Å². The Morgan fingerprint density at radius 3 is 2.71 bits per heavy atom. The lowest BCUT2D eigenvalue weighted by Crippen LogP contribution is -2.24. The van der Waals surface area contributed by atoms with Gasteiger partial charge in [0.25, 0.3) is 0 Å². The van der Waals surface area contributed by atoms with E-state index in [0.717, 1.165) is 10.7 Å². The maximum absolute atomic E-state index is 11.4. The highest BCUT2D eigenvalue weighted by molar-refractivity contribution is 7.10. The van der Waals surface area contributed by atoms with Crippen LogP contribution in [0.4, 0.5) is 5.00 Å². The summed E-state index contributed by atoms with van der Waals surface area (Å²) in [6.45, 7) is 6.35. The van der Waals surface area contributed by atoms with Crippen LogP contribution in [0.1, 0.15) is 36.3 Å². The largest absolute Gasteiger partial charge is 0.375 e.